The van der Waals surface area contributed by atoms with Crippen molar-refractivity contribution in [2.24, 2.45) is 0 Å². The molecule has 3 rings (SSSR count). The molecule has 7 nitrogen and oxygen atoms in total. The van der Waals surface area contributed by atoms with Crippen LogP contribution < -0.4 is 0 Å². The van der Waals surface area contributed by atoms with Crippen LogP contribution in [-0.2, 0) is 16.4 Å². The largest absolute Gasteiger partial charge is 0.465 e. The van der Waals surface area contributed by atoms with Gasteiger partial charge in [0.05, 0.1) is 17.5 Å². The molecular weight excluding hydrogens is 294 g/mol. The van der Waals surface area contributed by atoms with E-state index in [-0.39, 0.29) is 17.5 Å². The Bertz CT molecular complexity index is 734. The van der Waals surface area contributed by atoms with Crippen LogP contribution in [0.2, 0.25) is 0 Å². The summed E-state index contributed by atoms with van der Waals surface area (Å²) in [6.45, 7) is 4.60. The van der Waals surface area contributed by atoms with Gasteiger partial charge in [-0.2, -0.15) is 0 Å². The molecule has 1 atom stereocenters. The van der Waals surface area contributed by atoms with Crippen molar-refractivity contribution in [3.8, 4) is 0 Å². The lowest BCUT2D eigenvalue weighted by Crippen LogP contribution is -2.42. The van der Waals surface area contributed by atoms with Gasteiger partial charge in [-0.3, -0.25) is 4.90 Å². The number of aryl methyl sites for hydroxylation is 2. The Hall–Kier alpha value is -1.67. The highest BCUT2D eigenvalue weighted by molar-refractivity contribution is 7.91. The second kappa shape index (κ2) is 5.27. The average Bonchev–Trinajstić information content (AvgIpc) is 3.01. The van der Waals surface area contributed by atoms with Crippen LogP contribution in [0.1, 0.15) is 29.0 Å². The minimum absolute atomic E-state index is 0.0598. The van der Waals surface area contributed by atoms with Crippen LogP contribution in [0.3, 0.4) is 0 Å². The summed E-state index contributed by atoms with van der Waals surface area (Å²) >= 11 is 0. The monoisotopic (exact) mass is 311 g/mol. The molecule has 2 aromatic rings. The molecule has 0 saturated carbocycles. The van der Waals surface area contributed by atoms with Crippen LogP contribution in [0, 0.1) is 13.8 Å². The summed E-state index contributed by atoms with van der Waals surface area (Å²) in [7, 11) is -3.05. The predicted octanol–water partition coefficient (Wildman–Crippen LogP) is 1.25. The fourth-order valence-electron chi connectivity index (χ4n) is 2.51. The van der Waals surface area contributed by atoms with Gasteiger partial charge in [0.1, 0.15) is 22.9 Å². The summed E-state index contributed by atoms with van der Waals surface area (Å²) in [4.78, 5) is 2.05. The molecular formula is C13H17N3O4S. The van der Waals surface area contributed by atoms with Gasteiger partial charge in [0.2, 0.25) is 0 Å². The second-order valence-corrected chi connectivity index (χ2v) is 7.57. The first kappa shape index (κ1) is 14.3. The summed E-state index contributed by atoms with van der Waals surface area (Å²) in [5.74, 6) is 1.65. The fraction of sp³-hybridized carbons (Fsp3) is 0.538. The van der Waals surface area contributed by atoms with Gasteiger partial charge < -0.3 is 4.42 Å². The van der Waals surface area contributed by atoms with E-state index in [1.165, 1.54) is 0 Å². The van der Waals surface area contributed by atoms with Crippen molar-refractivity contribution in [2.75, 3.05) is 18.1 Å². The summed E-state index contributed by atoms with van der Waals surface area (Å²) in [5, 5.41) is 7.63. The molecule has 1 aliphatic rings. The van der Waals surface area contributed by atoms with Crippen molar-refractivity contribution in [3.05, 3.63) is 35.0 Å². The SMILES string of the molecule is Cc1ccc(C2CS(=O)(=O)CCN2Cc2nonc2C)o1. The molecule has 21 heavy (non-hydrogen) atoms. The molecule has 0 aliphatic carbocycles. The Kier molecular flexibility index (Phi) is 3.58. The molecule has 3 heterocycles. The number of sulfone groups is 1. The molecule has 1 unspecified atom stereocenters. The van der Waals surface area contributed by atoms with Crippen molar-refractivity contribution in [1.82, 2.24) is 15.2 Å². The zero-order valence-electron chi connectivity index (χ0n) is 11.9. The molecule has 1 saturated heterocycles. The van der Waals surface area contributed by atoms with Crippen molar-refractivity contribution in [3.63, 3.8) is 0 Å². The number of hydrogen-bond donors (Lipinski definition) is 0. The quantitative estimate of drug-likeness (QED) is 0.842. The van der Waals surface area contributed by atoms with E-state index in [2.05, 4.69) is 10.3 Å². The molecule has 0 spiro atoms. The zero-order valence-corrected chi connectivity index (χ0v) is 12.8. The van der Waals surface area contributed by atoms with Gasteiger partial charge in [0.25, 0.3) is 0 Å². The van der Waals surface area contributed by atoms with Crippen LogP contribution >= 0.6 is 0 Å². The molecule has 1 aliphatic heterocycles. The van der Waals surface area contributed by atoms with Crippen LogP contribution in [-0.4, -0.2) is 41.7 Å². The highest BCUT2D eigenvalue weighted by Gasteiger charge is 2.34. The lowest BCUT2D eigenvalue weighted by atomic mass is 10.2. The topological polar surface area (TPSA) is 89.4 Å². The molecule has 0 N–H and O–H groups in total. The normalized spacial score (nSPS) is 22.5. The van der Waals surface area contributed by atoms with Gasteiger partial charge in [-0.15, -0.1) is 0 Å². The first-order valence-corrected chi connectivity index (χ1v) is 8.55. The molecule has 0 amide bonds. The maximum Gasteiger partial charge on any atom is 0.153 e. The Morgan fingerprint density at radius 2 is 2.14 bits per heavy atom. The Balaban J connectivity index is 1.88. The van der Waals surface area contributed by atoms with Crippen LogP contribution in [0.15, 0.2) is 21.2 Å². The van der Waals surface area contributed by atoms with Gasteiger partial charge >= 0.3 is 0 Å². The maximum atomic E-state index is 11.9. The van der Waals surface area contributed by atoms with Crippen molar-refractivity contribution in [1.29, 1.82) is 0 Å². The second-order valence-electron chi connectivity index (χ2n) is 5.35. The van der Waals surface area contributed by atoms with Gasteiger partial charge in [-0.05, 0) is 26.0 Å². The third-order valence-electron chi connectivity index (χ3n) is 3.73. The first-order valence-electron chi connectivity index (χ1n) is 6.73. The van der Waals surface area contributed by atoms with Crippen molar-refractivity contribution in [2.45, 2.75) is 26.4 Å². The van der Waals surface area contributed by atoms with Gasteiger partial charge in [-0.1, -0.05) is 10.3 Å². The first-order chi connectivity index (χ1) is 9.94. The Morgan fingerprint density at radius 3 is 2.76 bits per heavy atom. The van der Waals surface area contributed by atoms with Gasteiger partial charge in [0.15, 0.2) is 9.84 Å². The lowest BCUT2D eigenvalue weighted by Gasteiger charge is -2.33. The Morgan fingerprint density at radius 1 is 1.33 bits per heavy atom. The maximum absolute atomic E-state index is 11.9. The van der Waals surface area contributed by atoms with Crippen LogP contribution in [0.25, 0.3) is 0 Å². The molecule has 114 valence electrons. The van der Waals surface area contributed by atoms with E-state index in [0.717, 1.165) is 17.1 Å². The fourth-order valence-corrected chi connectivity index (χ4v) is 4.05. The van der Waals surface area contributed by atoms with E-state index in [9.17, 15) is 8.42 Å². The van der Waals surface area contributed by atoms with Crippen molar-refractivity contribution < 1.29 is 17.5 Å². The van der Waals surface area contributed by atoms with E-state index in [1.54, 1.807) is 0 Å². The molecule has 0 radical (unpaired) electrons. The van der Waals surface area contributed by atoms with E-state index in [4.69, 9.17) is 9.05 Å². The standard InChI is InChI=1S/C13H17N3O4S/c1-9-3-4-13(19-9)12-8-21(17,18)6-5-16(12)7-11-10(2)14-20-15-11/h3-4,12H,5-8H2,1-2H3. The van der Waals surface area contributed by atoms with Gasteiger partial charge in [0, 0.05) is 13.1 Å². The number of furan rings is 1. The highest BCUT2D eigenvalue weighted by atomic mass is 32.2. The number of rotatable bonds is 3. The van der Waals surface area contributed by atoms with E-state index in [1.807, 2.05) is 30.9 Å². The Labute approximate surface area is 122 Å². The number of hydrogen-bond acceptors (Lipinski definition) is 7. The smallest absolute Gasteiger partial charge is 0.153 e. The minimum atomic E-state index is -3.05. The third-order valence-corrected chi connectivity index (χ3v) is 5.36. The minimum Gasteiger partial charge on any atom is -0.465 e. The average molecular weight is 311 g/mol. The summed E-state index contributed by atoms with van der Waals surface area (Å²) < 4.78 is 34.2. The molecule has 0 aromatic carbocycles. The number of nitrogens with zero attached hydrogens (tertiary/aromatic N) is 3. The zero-order chi connectivity index (χ0) is 15.0. The molecule has 1 fully saturated rings. The lowest BCUT2D eigenvalue weighted by molar-refractivity contribution is 0.176. The van der Waals surface area contributed by atoms with Gasteiger partial charge in [-0.25, -0.2) is 13.0 Å². The van der Waals surface area contributed by atoms with Crippen LogP contribution in [0.4, 0.5) is 0 Å². The molecule has 0 bridgehead atoms. The third kappa shape index (κ3) is 3.01. The van der Waals surface area contributed by atoms with E-state index in [0.29, 0.717) is 18.8 Å². The summed E-state index contributed by atoms with van der Waals surface area (Å²) in [6.07, 6.45) is 0. The predicted molar refractivity (Wildman–Crippen MR) is 74.3 cm³/mol. The van der Waals surface area contributed by atoms with E-state index < -0.39 is 9.84 Å². The molecule has 2 aromatic heterocycles. The van der Waals surface area contributed by atoms with Crippen LogP contribution in [0.5, 0.6) is 0 Å². The summed E-state index contributed by atoms with van der Waals surface area (Å²) in [6, 6.07) is 3.38. The highest BCUT2D eigenvalue weighted by Crippen LogP contribution is 2.29. The van der Waals surface area contributed by atoms with Crippen molar-refractivity contribution >= 4 is 9.84 Å². The molecule has 8 heteroatoms. The van der Waals surface area contributed by atoms with E-state index >= 15 is 0 Å². The number of aromatic nitrogens is 2. The summed E-state index contributed by atoms with van der Waals surface area (Å²) in [5.41, 5.74) is 1.44.